The summed E-state index contributed by atoms with van der Waals surface area (Å²) in [6.45, 7) is 6.23. The lowest BCUT2D eigenvalue weighted by atomic mass is 9.92. The maximum absolute atomic E-state index is 4.03. The minimum absolute atomic E-state index is 1.19. The molecule has 0 saturated heterocycles. The smallest absolute Gasteiger partial charge is 0.00331 e. The molecule has 0 radical (unpaired) electrons. The Morgan fingerprint density at radius 3 is 2.75 bits per heavy atom. The Morgan fingerprint density at radius 1 is 1.05 bits per heavy atom. The molecule has 0 saturated carbocycles. The van der Waals surface area contributed by atoms with Gasteiger partial charge in [-0.2, -0.15) is 0 Å². The number of hydrogen-bond donors (Lipinski definition) is 0. The zero-order chi connectivity index (χ0) is 13.7. The summed E-state index contributed by atoms with van der Waals surface area (Å²) in [5.74, 6) is 0. The van der Waals surface area contributed by atoms with Gasteiger partial charge in [-0.05, 0) is 76.4 Å². The summed E-state index contributed by atoms with van der Waals surface area (Å²) in [5, 5.41) is 2.82. The minimum atomic E-state index is 1.19. The molecule has 0 unspecified atom stereocenters. The fraction of sp³-hybridized carbons (Fsp3) is 0.200. The lowest BCUT2D eigenvalue weighted by Gasteiger charge is -2.11. The second kappa shape index (κ2) is 4.21. The molecule has 0 spiro atoms. The van der Waals surface area contributed by atoms with Crippen molar-refractivity contribution in [2.75, 3.05) is 0 Å². The van der Waals surface area contributed by atoms with Crippen molar-refractivity contribution in [3.63, 3.8) is 0 Å². The predicted molar refractivity (Wildman–Crippen MR) is 87.6 cm³/mol. The molecule has 0 atom stereocenters. The summed E-state index contributed by atoms with van der Waals surface area (Å²) >= 11 is 0. The Morgan fingerprint density at radius 2 is 1.90 bits per heavy atom. The van der Waals surface area contributed by atoms with Crippen molar-refractivity contribution in [3.05, 3.63) is 70.8 Å². The van der Waals surface area contributed by atoms with Gasteiger partial charge in [-0.15, -0.1) is 0 Å². The molecule has 0 aromatic heterocycles. The highest BCUT2D eigenvalue weighted by Crippen LogP contribution is 2.44. The van der Waals surface area contributed by atoms with Crippen LogP contribution in [0.25, 0.3) is 22.4 Å². The Bertz CT molecular complexity index is 800. The van der Waals surface area contributed by atoms with E-state index in [9.17, 15) is 0 Å². The van der Waals surface area contributed by atoms with E-state index < -0.39 is 0 Å². The Labute approximate surface area is 120 Å². The van der Waals surface area contributed by atoms with Crippen LogP contribution in [-0.4, -0.2) is 0 Å². The van der Waals surface area contributed by atoms with Crippen molar-refractivity contribution in [2.24, 2.45) is 0 Å². The maximum Gasteiger partial charge on any atom is -0.00331 e. The van der Waals surface area contributed by atoms with E-state index in [4.69, 9.17) is 0 Å². The van der Waals surface area contributed by atoms with Crippen LogP contribution >= 0.6 is 0 Å². The van der Waals surface area contributed by atoms with Crippen molar-refractivity contribution in [3.8, 4) is 0 Å². The van der Waals surface area contributed by atoms with Gasteiger partial charge in [-0.25, -0.2) is 0 Å². The van der Waals surface area contributed by atoms with Gasteiger partial charge < -0.3 is 0 Å². The number of fused-ring (bicyclic) bond motifs is 1. The van der Waals surface area contributed by atoms with Crippen molar-refractivity contribution < 1.29 is 0 Å². The van der Waals surface area contributed by atoms with E-state index in [1.807, 2.05) is 6.08 Å². The first kappa shape index (κ1) is 11.7. The van der Waals surface area contributed by atoms with Crippen molar-refractivity contribution in [1.82, 2.24) is 0 Å². The van der Waals surface area contributed by atoms with Crippen LogP contribution in [0.3, 0.4) is 0 Å². The Hall–Kier alpha value is -2.08. The molecule has 0 aliphatic heterocycles. The molecule has 20 heavy (non-hydrogen) atoms. The summed E-state index contributed by atoms with van der Waals surface area (Å²) in [6.07, 6.45) is 8.01. The molecule has 2 aliphatic rings. The largest absolute Gasteiger partial charge is 0.0985 e. The zero-order valence-electron chi connectivity index (χ0n) is 11.9. The third-order valence-electron chi connectivity index (χ3n) is 4.71. The number of hydrogen-bond acceptors (Lipinski definition) is 0. The summed E-state index contributed by atoms with van der Waals surface area (Å²) in [5.41, 5.74) is 8.53. The van der Waals surface area contributed by atoms with Gasteiger partial charge in [0.2, 0.25) is 0 Å². The molecule has 0 amide bonds. The molecule has 0 N–H and O–H groups in total. The van der Waals surface area contributed by atoms with E-state index in [1.54, 1.807) is 5.57 Å². The highest BCUT2D eigenvalue weighted by molar-refractivity contribution is 6.04. The van der Waals surface area contributed by atoms with Gasteiger partial charge in [0.05, 0.1) is 0 Å². The van der Waals surface area contributed by atoms with Crippen LogP contribution in [0.4, 0.5) is 0 Å². The zero-order valence-corrected chi connectivity index (χ0v) is 11.9. The van der Waals surface area contributed by atoms with Gasteiger partial charge in [-0.1, -0.05) is 43.0 Å². The third kappa shape index (κ3) is 1.48. The van der Waals surface area contributed by atoms with Crippen LogP contribution in [0.15, 0.2) is 54.1 Å². The number of allylic oxidation sites excluding steroid dienone is 4. The van der Waals surface area contributed by atoms with Gasteiger partial charge >= 0.3 is 0 Å². The second-order valence-electron chi connectivity index (χ2n) is 5.81. The lowest BCUT2D eigenvalue weighted by Crippen LogP contribution is -1.89. The second-order valence-corrected chi connectivity index (χ2v) is 5.81. The Balaban J connectivity index is 2.20. The first-order chi connectivity index (χ1) is 9.79. The van der Waals surface area contributed by atoms with E-state index in [-0.39, 0.29) is 0 Å². The standard InChI is InChI=1S/C20H18/c1-3-14-12-15-11-10-13(2)16-6-4-9-19(20(15)16)18-8-5-7-17(14)18/h3-4,6,9-12H,1,5,7-8H2,2H3. The van der Waals surface area contributed by atoms with E-state index in [2.05, 4.69) is 49.9 Å². The molecule has 0 bridgehead atoms. The van der Waals surface area contributed by atoms with E-state index in [1.165, 1.54) is 57.9 Å². The quantitative estimate of drug-likeness (QED) is 0.618. The van der Waals surface area contributed by atoms with E-state index in [0.29, 0.717) is 0 Å². The molecule has 0 fully saturated rings. The topological polar surface area (TPSA) is 0 Å². The first-order valence-corrected chi connectivity index (χ1v) is 7.39. The van der Waals surface area contributed by atoms with E-state index in [0.717, 1.165) is 0 Å². The van der Waals surface area contributed by atoms with E-state index >= 15 is 0 Å². The minimum Gasteiger partial charge on any atom is -0.0985 e. The molecule has 4 rings (SSSR count). The van der Waals surface area contributed by atoms with Crippen molar-refractivity contribution >= 4 is 22.4 Å². The summed E-state index contributed by atoms with van der Waals surface area (Å²) < 4.78 is 0. The summed E-state index contributed by atoms with van der Waals surface area (Å²) in [7, 11) is 0. The molecular formula is C20H18. The van der Waals surface area contributed by atoms with Gasteiger partial charge in [0.25, 0.3) is 0 Å². The average molecular weight is 258 g/mol. The predicted octanol–water partition coefficient (Wildman–Crippen LogP) is 5.67. The molecule has 0 heteroatoms. The van der Waals surface area contributed by atoms with Crippen LogP contribution < -0.4 is 0 Å². The average Bonchev–Trinajstić information content (AvgIpc) is 2.91. The van der Waals surface area contributed by atoms with Crippen molar-refractivity contribution in [2.45, 2.75) is 26.2 Å². The third-order valence-corrected chi connectivity index (χ3v) is 4.71. The molecule has 98 valence electrons. The Kier molecular flexibility index (Phi) is 2.47. The summed E-state index contributed by atoms with van der Waals surface area (Å²) in [6, 6.07) is 11.2. The van der Waals surface area contributed by atoms with Gasteiger partial charge in [0, 0.05) is 0 Å². The van der Waals surface area contributed by atoms with Gasteiger partial charge in [0.15, 0.2) is 0 Å². The molecular weight excluding hydrogens is 240 g/mol. The highest BCUT2D eigenvalue weighted by Gasteiger charge is 2.23. The monoisotopic (exact) mass is 258 g/mol. The highest BCUT2D eigenvalue weighted by atomic mass is 14.3. The van der Waals surface area contributed by atoms with Crippen LogP contribution in [0.1, 0.15) is 36.0 Å². The van der Waals surface area contributed by atoms with Crippen LogP contribution in [0.2, 0.25) is 0 Å². The first-order valence-electron chi connectivity index (χ1n) is 7.39. The van der Waals surface area contributed by atoms with Crippen molar-refractivity contribution in [1.29, 1.82) is 0 Å². The number of benzene rings is 2. The number of rotatable bonds is 1. The molecule has 2 aromatic carbocycles. The fourth-order valence-electron chi connectivity index (χ4n) is 3.75. The number of aryl methyl sites for hydroxylation is 1. The molecule has 2 aromatic rings. The van der Waals surface area contributed by atoms with Gasteiger partial charge in [0.1, 0.15) is 0 Å². The van der Waals surface area contributed by atoms with Gasteiger partial charge in [-0.3, -0.25) is 0 Å². The fourth-order valence-corrected chi connectivity index (χ4v) is 3.75. The van der Waals surface area contributed by atoms with Crippen LogP contribution in [-0.2, 0) is 0 Å². The molecule has 2 aliphatic carbocycles. The maximum atomic E-state index is 4.03. The lowest BCUT2D eigenvalue weighted by molar-refractivity contribution is 0.917. The van der Waals surface area contributed by atoms with Crippen LogP contribution in [0, 0.1) is 6.92 Å². The SMILES string of the molecule is C=CC1=Cc2ccc(C)c3cccc(c23)C2=C1CCC2. The molecule has 0 heterocycles. The molecule has 0 nitrogen and oxygen atoms in total. The van der Waals surface area contributed by atoms with Crippen LogP contribution in [0.5, 0.6) is 0 Å². The summed E-state index contributed by atoms with van der Waals surface area (Å²) in [4.78, 5) is 0. The normalized spacial score (nSPS) is 16.9.